The Hall–Kier alpha value is -0.740. The van der Waals surface area contributed by atoms with E-state index in [1.54, 1.807) is 6.07 Å². The van der Waals surface area contributed by atoms with Gasteiger partial charge in [-0.1, -0.05) is 19.1 Å². The Bertz CT molecular complexity index is 312. The van der Waals surface area contributed by atoms with Crippen molar-refractivity contribution in [2.24, 2.45) is 5.73 Å². The van der Waals surface area contributed by atoms with Crippen LogP contribution in [-0.4, -0.2) is 0 Å². The normalized spacial score (nSPS) is 13.1. The van der Waals surface area contributed by atoms with Gasteiger partial charge in [-0.05, 0) is 24.1 Å². The standard InChI is InChI=1S/C10H12F3N.ClH/c1-2-9(14)7-4-3-5-8(6-7)10(11,12)13;/h3-6,9H,2,14H2,1H3;1H/t9-;/m0./s1. The molecule has 15 heavy (non-hydrogen) atoms. The zero-order valence-electron chi connectivity index (χ0n) is 8.21. The molecule has 0 fully saturated rings. The van der Waals surface area contributed by atoms with E-state index < -0.39 is 11.7 Å². The summed E-state index contributed by atoms with van der Waals surface area (Å²) in [5.74, 6) is 0. The molecule has 0 heterocycles. The van der Waals surface area contributed by atoms with E-state index in [2.05, 4.69) is 0 Å². The van der Waals surface area contributed by atoms with Crippen molar-refractivity contribution in [2.75, 3.05) is 0 Å². The van der Waals surface area contributed by atoms with Crippen molar-refractivity contribution < 1.29 is 13.2 Å². The molecule has 0 saturated heterocycles. The molecule has 1 atom stereocenters. The zero-order chi connectivity index (χ0) is 10.8. The summed E-state index contributed by atoms with van der Waals surface area (Å²) >= 11 is 0. The zero-order valence-corrected chi connectivity index (χ0v) is 9.03. The number of nitrogens with two attached hydrogens (primary N) is 1. The van der Waals surface area contributed by atoms with E-state index in [1.807, 2.05) is 6.92 Å². The third-order valence-corrected chi connectivity index (χ3v) is 2.08. The van der Waals surface area contributed by atoms with Crippen LogP contribution in [0.15, 0.2) is 24.3 Å². The van der Waals surface area contributed by atoms with Crippen molar-refractivity contribution in [3.05, 3.63) is 35.4 Å². The van der Waals surface area contributed by atoms with Crippen LogP contribution in [0.5, 0.6) is 0 Å². The van der Waals surface area contributed by atoms with Crippen molar-refractivity contribution in [2.45, 2.75) is 25.6 Å². The van der Waals surface area contributed by atoms with E-state index in [4.69, 9.17) is 5.73 Å². The van der Waals surface area contributed by atoms with E-state index in [0.717, 1.165) is 12.1 Å². The summed E-state index contributed by atoms with van der Waals surface area (Å²) in [5, 5.41) is 0. The summed E-state index contributed by atoms with van der Waals surface area (Å²) in [7, 11) is 0. The Morgan fingerprint density at radius 3 is 2.40 bits per heavy atom. The molecule has 0 spiro atoms. The fourth-order valence-corrected chi connectivity index (χ4v) is 1.18. The molecular formula is C10H13ClF3N. The van der Waals surface area contributed by atoms with E-state index in [0.29, 0.717) is 12.0 Å². The molecular weight excluding hydrogens is 227 g/mol. The lowest BCUT2D eigenvalue weighted by Crippen LogP contribution is -2.11. The lowest BCUT2D eigenvalue weighted by atomic mass is 10.0. The van der Waals surface area contributed by atoms with Crippen LogP contribution in [0.2, 0.25) is 0 Å². The first-order valence-corrected chi connectivity index (χ1v) is 4.38. The molecule has 5 heteroatoms. The van der Waals surface area contributed by atoms with Gasteiger partial charge in [0.05, 0.1) is 5.56 Å². The Balaban J connectivity index is 0.00000196. The second kappa shape index (κ2) is 5.37. The maximum atomic E-state index is 12.3. The lowest BCUT2D eigenvalue weighted by molar-refractivity contribution is -0.137. The molecule has 0 saturated carbocycles. The van der Waals surface area contributed by atoms with Gasteiger partial charge in [-0.2, -0.15) is 13.2 Å². The highest BCUT2D eigenvalue weighted by Gasteiger charge is 2.30. The molecule has 0 radical (unpaired) electrons. The predicted octanol–water partition coefficient (Wildman–Crippen LogP) is 3.54. The van der Waals surface area contributed by atoms with Gasteiger partial charge in [-0.15, -0.1) is 12.4 Å². The molecule has 86 valence electrons. The van der Waals surface area contributed by atoms with Gasteiger partial charge >= 0.3 is 6.18 Å². The first-order valence-electron chi connectivity index (χ1n) is 4.38. The highest BCUT2D eigenvalue weighted by molar-refractivity contribution is 5.85. The SMILES string of the molecule is CC[C@H](N)c1cccc(C(F)(F)F)c1.Cl. The molecule has 1 nitrogen and oxygen atoms in total. The van der Waals surface area contributed by atoms with Gasteiger partial charge < -0.3 is 5.73 Å². The van der Waals surface area contributed by atoms with Crippen LogP contribution >= 0.6 is 12.4 Å². The van der Waals surface area contributed by atoms with Gasteiger partial charge in [-0.3, -0.25) is 0 Å². The van der Waals surface area contributed by atoms with E-state index in [9.17, 15) is 13.2 Å². The highest BCUT2D eigenvalue weighted by atomic mass is 35.5. The number of rotatable bonds is 2. The summed E-state index contributed by atoms with van der Waals surface area (Å²) in [6, 6.07) is 4.83. The largest absolute Gasteiger partial charge is 0.416 e. The van der Waals surface area contributed by atoms with E-state index in [-0.39, 0.29) is 18.4 Å². The number of hydrogen-bond acceptors (Lipinski definition) is 1. The van der Waals surface area contributed by atoms with Crippen LogP contribution in [0.3, 0.4) is 0 Å². The van der Waals surface area contributed by atoms with Gasteiger partial charge in [0.15, 0.2) is 0 Å². The number of alkyl halides is 3. The van der Waals surface area contributed by atoms with Gasteiger partial charge in [0.25, 0.3) is 0 Å². The van der Waals surface area contributed by atoms with Crippen LogP contribution in [0.4, 0.5) is 13.2 Å². The fourth-order valence-electron chi connectivity index (χ4n) is 1.18. The average Bonchev–Trinajstić information content (AvgIpc) is 2.15. The second-order valence-corrected chi connectivity index (χ2v) is 3.14. The molecule has 0 amide bonds. The summed E-state index contributed by atoms with van der Waals surface area (Å²) in [6.45, 7) is 1.84. The number of halogens is 4. The maximum absolute atomic E-state index is 12.3. The number of benzene rings is 1. The summed E-state index contributed by atoms with van der Waals surface area (Å²) in [6.07, 6.45) is -3.66. The van der Waals surface area contributed by atoms with Gasteiger partial charge in [-0.25, -0.2) is 0 Å². The maximum Gasteiger partial charge on any atom is 0.416 e. The van der Waals surface area contributed by atoms with Crippen LogP contribution in [-0.2, 0) is 6.18 Å². The Labute approximate surface area is 92.9 Å². The van der Waals surface area contributed by atoms with Crippen molar-refractivity contribution in [1.82, 2.24) is 0 Å². The monoisotopic (exact) mass is 239 g/mol. The minimum Gasteiger partial charge on any atom is -0.324 e. The summed E-state index contributed by atoms with van der Waals surface area (Å²) in [4.78, 5) is 0. The van der Waals surface area contributed by atoms with E-state index in [1.165, 1.54) is 6.07 Å². The van der Waals surface area contributed by atoms with Crippen molar-refractivity contribution in [3.63, 3.8) is 0 Å². The lowest BCUT2D eigenvalue weighted by Gasteiger charge is -2.12. The molecule has 0 aliphatic carbocycles. The molecule has 0 unspecified atom stereocenters. The number of hydrogen-bond donors (Lipinski definition) is 1. The summed E-state index contributed by atoms with van der Waals surface area (Å²) < 4.78 is 36.9. The fraction of sp³-hybridized carbons (Fsp3) is 0.400. The molecule has 0 aliphatic rings. The smallest absolute Gasteiger partial charge is 0.324 e. The summed E-state index contributed by atoms with van der Waals surface area (Å²) in [5.41, 5.74) is 5.53. The van der Waals surface area contributed by atoms with Gasteiger partial charge in [0.2, 0.25) is 0 Å². The minimum atomic E-state index is -4.29. The molecule has 1 aromatic carbocycles. The average molecular weight is 240 g/mol. The predicted molar refractivity (Wildman–Crippen MR) is 55.9 cm³/mol. The van der Waals surface area contributed by atoms with Crippen LogP contribution in [0.1, 0.15) is 30.5 Å². The topological polar surface area (TPSA) is 26.0 Å². The molecule has 2 N–H and O–H groups in total. The van der Waals surface area contributed by atoms with Crippen molar-refractivity contribution >= 4 is 12.4 Å². The molecule has 0 aliphatic heterocycles. The van der Waals surface area contributed by atoms with Gasteiger partial charge in [0.1, 0.15) is 0 Å². The van der Waals surface area contributed by atoms with Crippen molar-refractivity contribution in [1.29, 1.82) is 0 Å². The third kappa shape index (κ3) is 3.72. The molecule has 1 rings (SSSR count). The van der Waals surface area contributed by atoms with Crippen LogP contribution in [0, 0.1) is 0 Å². The molecule has 0 aromatic heterocycles. The second-order valence-electron chi connectivity index (χ2n) is 3.14. The Morgan fingerprint density at radius 2 is 1.93 bits per heavy atom. The molecule has 0 bridgehead atoms. The van der Waals surface area contributed by atoms with Gasteiger partial charge in [0, 0.05) is 6.04 Å². The third-order valence-electron chi connectivity index (χ3n) is 2.08. The Kier molecular flexibility index (Phi) is 5.11. The van der Waals surface area contributed by atoms with Crippen LogP contribution < -0.4 is 5.73 Å². The Morgan fingerprint density at radius 1 is 1.33 bits per heavy atom. The first-order chi connectivity index (χ1) is 6.45. The first kappa shape index (κ1) is 14.3. The molecule has 1 aromatic rings. The minimum absolute atomic E-state index is 0. The van der Waals surface area contributed by atoms with E-state index >= 15 is 0 Å². The highest BCUT2D eigenvalue weighted by Crippen LogP contribution is 2.30. The van der Waals surface area contributed by atoms with Crippen molar-refractivity contribution in [3.8, 4) is 0 Å². The van der Waals surface area contributed by atoms with Crippen LogP contribution in [0.25, 0.3) is 0 Å². The quantitative estimate of drug-likeness (QED) is 0.839.